The van der Waals surface area contributed by atoms with Crippen LogP contribution < -0.4 is 4.74 Å². The quantitative estimate of drug-likeness (QED) is 0.733. The fourth-order valence-electron chi connectivity index (χ4n) is 1.75. The lowest BCUT2D eigenvalue weighted by Gasteiger charge is -2.04. The third-order valence-corrected chi connectivity index (χ3v) is 4.05. The van der Waals surface area contributed by atoms with Crippen LogP contribution >= 0.6 is 11.3 Å². The lowest BCUT2D eigenvalue weighted by molar-refractivity contribution is 0.104. The fraction of sp³-hybridized carbons (Fsp3) is 0.312. The van der Waals surface area contributed by atoms with Gasteiger partial charge < -0.3 is 4.74 Å². The molecule has 0 saturated carbocycles. The van der Waals surface area contributed by atoms with Gasteiger partial charge in [-0.25, -0.2) is 0 Å². The first kappa shape index (κ1) is 13.8. The van der Waals surface area contributed by atoms with Crippen LogP contribution in [0.15, 0.2) is 36.4 Å². The number of ketones is 1. The van der Waals surface area contributed by atoms with Gasteiger partial charge in [-0.1, -0.05) is 13.8 Å². The van der Waals surface area contributed by atoms with Gasteiger partial charge >= 0.3 is 0 Å². The number of aryl methyl sites for hydroxylation is 1. The molecule has 0 saturated heterocycles. The van der Waals surface area contributed by atoms with E-state index in [1.54, 1.807) is 11.3 Å². The summed E-state index contributed by atoms with van der Waals surface area (Å²) in [6, 6.07) is 11.3. The second kappa shape index (κ2) is 6.53. The van der Waals surface area contributed by atoms with Gasteiger partial charge in [0.15, 0.2) is 0 Å². The summed E-state index contributed by atoms with van der Waals surface area (Å²) in [5.41, 5.74) is 0.716. The first-order valence-corrected chi connectivity index (χ1v) is 7.42. The summed E-state index contributed by atoms with van der Waals surface area (Å²) in [5.74, 6) is 0.908. The first-order valence-electron chi connectivity index (χ1n) is 6.60. The highest BCUT2D eigenvalue weighted by atomic mass is 32.1. The molecule has 2 rings (SSSR count). The molecule has 1 aromatic heterocycles. The van der Waals surface area contributed by atoms with E-state index in [-0.39, 0.29) is 5.78 Å². The van der Waals surface area contributed by atoms with Crippen molar-refractivity contribution in [1.29, 1.82) is 0 Å². The maximum Gasteiger partial charge on any atom is 0.202 e. The maximum absolute atomic E-state index is 12.3. The van der Waals surface area contributed by atoms with Gasteiger partial charge in [-0.3, -0.25) is 4.79 Å². The molecule has 0 atom stereocenters. The number of carbonyl (C=O) groups is 1. The zero-order valence-corrected chi connectivity index (χ0v) is 12.1. The van der Waals surface area contributed by atoms with E-state index in [0.717, 1.165) is 23.5 Å². The molecule has 3 heteroatoms. The molecule has 2 nitrogen and oxygen atoms in total. The summed E-state index contributed by atoms with van der Waals surface area (Å²) in [4.78, 5) is 14.3. The molecule has 0 bridgehead atoms. The Morgan fingerprint density at radius 3 is 2.42 bits per heavy atom. The van der Waals surface area contributed by atoms with Crippen LogP contribution in [0.4, 0.5) is 0 Å². The smallest absolute Gasteiger partial charge is 0.202 e. The molecule has 1 heterocycles. The second-order valence-corrected chi connectivity index (χ2v) is 5.49. The molecule has 1 aromatic carbocycles. The van der Waals surface area contributed by atoms with E-state index >= 15 is 0 Å². The lowest BCUT2D eigenvalue weighted by Crippen LogP contribution is -1.99. The van der Waals surface area contributed by atoms with Gasteiger partial charge in [0.25, 0.3) is 0 Å². The van der Waals surface area contributed by atoms with Gasteiger partial charge in [0.2, 0.25) is 5.78 Å². The van der Waals surface area contributed by atoms with Crippen LogP contribution in [0.25, 0.3) is 0 Å². The second-order valence-electron chi connectivity index (χ2n) is 4.32. The van der Waals surface area contributed by atoms with E-state index < -0.39 is 0 Å². The summed E-state index contributed by atoms with van der Waals surface area (Å²) < 4.78 is 5.51. The third kappa shape index (κ3) is 3.44. The maximum atomic E-state index is 12.3. The van der Waals surface area contributed by atoms with Crippen LogP contribution in [0, 0.1) is 0 Å². The van der Waals surface area contributed by atoms with Crippen molar-refractivity contribution in [2.45, 2.75) is 26.7 Å². The van der Waals surface area contributed by atoms with E-state index in [4.69, 9.17) is 4.74 Å². The van der Waals surface area contributed by atoms with Gasteiger partial charge in [0, 0.05) is 10.4 Å². The van der Waals surface area contributed by atoms with Crippen LogP contribution in [-0.2, 0) is 6.42 Å². The molecule has 0 N–H and O–H groups in total. The Labute approximate surface area is 118 Å². The molecule has 2 aromatic rings. The number of hydrogen-bond donors (Lipinski definition) is 0. The Kier molecular flexibility index (Phi) is 4.74. The van der Waals surface area contributed by atoms with Gasteiger partial charge in [-0.05, 0) is 49.2 Å². The Hall–Kier alpha value is -1.61. The molecular formula is C16H18O2S. The highest BCUT2D eigenvalue weighted by Gasteiger charge is 2.11. The fourth-order valence-corrected chi connectivity index (χ4v) is 2.66. The number of thiophene rings is 1. The third-order valence-electron chi connectivity index (χ3n) is 2.82. The molecule has 0 aliphatic rings. The first-order chi connectivity index (χ1) is 9.24. The average Bonchev–Trinajstić information content (AvgIpc) is 2.94. The van der Waals surface area contributed by atoms with Crippen LogP contribution in [-0.4, -0.2) is 12.4 Å². The minimum Gasteiger partial charge on any atom is -0.494 e. The molecular weight excluding hydrogens is 256 g/mol. The molecule has 0 radical (unpaired) electrons. The van der Waals surface area contributed by atoms with Gasteiger partial charge in [0.05, 0.1) is 11.5 Å². The largest absolute Gasteiger partial charge is 0.494 e. The number of hydrogen-bond acceptors (Lipinski definition) is 3. The molecule has 0 unspecified atom stereocenters. The lowest BCUT2D eigenvalue weighted by atomic mass is 10.1. The van der Waals surface area contributed by atoms with Crippen LogP contribution in [0.1, 0.15) is 40.4 Å². The van der Waals surface area contributed by atoms with E-state index in [0.29, 0.717) is 12.2 Å². The Morgan fingerprint density at radius 1 is 1.11 bits per heavy atom. The summed E-state index contributed by atoms with van der Waals surface area (Å²) >= 11 is 1.57. The van der Waals surface area contributed by atoms with Gasteiger partial charge in [0.1, 0.15) is 5.75 Å². The SMILES string of the molecule is CCCOc1ccc(C(=O)c2ccc(CC)s2)cc1. The molecule has 100 valence electrons. The van der Waals surface area contributed by atoms with Crippen molar-refractivity contribution in [3.8, 4) is 5.75 Å². The van der Waals surface area contributed by atoms with Crippen LogP contribution in [0.3, 0.4) is 0 Å². The highest BCUT2D eigenvalue weighted by molar-refractivity contribution is 7.14. The summed E-state index contributed by atoms with van der Waals surface area (Å²) in [6.45, 7) is 4.87. The van der Waals surface area contributed by atoms with E-state index in [2.05, 4.69) is 13.8 Å². The highest BCUT2D eigenvalue weighted by Crippen LogP contribution is 2.21. The zero-order valence-electron chi connectivity index (χ0n) is 11.3. The van der Waals surface area contributed by atoms with Gasteiger partial charge in [-0.15, -0.1) is 11.3 Å². The van der Waals surface area contributed by atoms with Crippen molar-refractivity contribution >= 4 is 17.1 Å². The zero-order chi connectivity index (χ0) is 13.7. The van der Waals surface area contributed by atoms with Crippen LogP contribution in [0.5, 0.6) is 5.75 Å². The summed E-state index contributed by atoms with van der Waals surface area (Å²) in [6.07, 6.45) is 1.96. The van der Waals surface area contributed by atoms with Crippen molar-refractivity contribution in [2.75, 3.05) is 6.61 Å². The number of ether oxygens (including phenoxy) is 1. The number of rotatable bonds is 6. The van der Waals surface area contributed by atoms with Crippen molar-refractivity contribution in [3.05, 3.63) is 51.7 Å². The average molecular weight is 274 g/mol. The standard InChI is InChI=1S/C16H18O2S/c1-3-11-18-13-7-5-12(6-8-13)16(17)15-10-9-14(4-2)19-15/h5-10H,3-4,11H2,1-2H3. The van der Waals surface area contributed by atoms with Gasteiger partial charge in [-0.2, -0.15) is 0 Å². The molecule has 0 aliphatic carbocycles. The molecule has 0 fully saturated rings. The Morgan fingerprint density at radius 2 is 1.84 bits per heavy atom. The number of carbonyl (C=O) groups excluding carboxylic acids is 1. The predicted molar refractivity (Wildman–Crippen MR) is 79.4 cm³/mol. The Bertz CT molecular complexity index is 540. The van der Waals surface area contributed by atoms with E-state index in [1.165, 1.54) is 4.88 Å². The Balaban J connectivity index is 2.10. The van der Waals surface area contributed by atoms with Crippen LogP contribution in [0.2, 0.25) is 0 Å². The van der Waals surface area contributed by atoms with Crippen molar-refractivity contribution < 1.29 is 9.53 Å². The monoisotopic (exact) mass is 274 g/mol. The van der Waals surface area contributed by atoms with Crippen molar-refractivity contribution in [3.63, 3.8) is 0 Å². The molecule has 0 aliphatic heterocycles. The molecule has 19 heavy (non-hydrogen) atoms. The molecule has 0 spiro atoms. The van der Waals surface area contributed by atoms with Crippen molar-refractivity contribution in [2.24, 2.45) is 0 Å². The minimum atomic E-state index is 0.0896. The van der Waals surface area contributed by atoms with Crippen molar-refractivity contribution in [1.82, 2.24) is 0 Å². The predicted octanol–water partition coefficient (Wildman–Crippen LogP) is 4.33. The minimum absolute atomic E-state index is 0.0896. The topological polar surface area (TPSA) is 26.3 Å². The summed E-state index contributed by atoms with van der Waals surface area (Å²) in [7, 11) is 0. The normalized spacial score (nSPS) is 10.4. The molecule has 0 amide bonds. The number of benzene rings is 1. The van der Waals surface area contributed by atoms with E-state index in [1.807, 2.05) is 36.4 Å². The van der Waals surface area contributed by atoms with E-state index in [9.17, 15) is 4.79 Å². The summed E-state index contributed by atoms with van der Waals surface area (Å²) in [5, 5.41) is 0.